The largest absolute Gasteiger partial charge is 0.444 e. The first-order valence-electron chi connectivity index (χ1n) is 15.4. The molecule has 2 heterocycles. The minimum absolute atomic E-state index is 0.0159. The van der Waals surface area contributed by atoms with Gasteiger partial charge in [-0.05, 0) is 75.4 Å². The minimum Gasteiger partial charge on any atom is -0.444 e. The molecule has 0 spiro atoms. The van der Waals surface area contributed by atoms with Gasteiger partial charge in [-0.25, -0.2) is 14.0 Å². The molecular weight excluding hydrogens is 649 g/mol. The van der Waals surface area contributed by atoms with Gasteiger partial charge in [-0.3, -0.25) is 9.69 Å². The number of rotatable bonds is 5. The van der Waals surface area contributed by atoms with E-state index in [1.807, 2.05) is 0 Å². The summed E-state index contributed by atoms with van der Waals surface area (Å²) in [6.45, 7) is 6.34. The van der Waals surface area contributed by atoms with Gasteiger partial charge in [0.15, 0.2) is 0 Å². The van der Waals surface area contributed by atoms with Crippen molar-refractivity contribution in [3.63, 3.8) is 0 Å². The van der Waals surface area contributed by atoms with Crippen molar-refractivity contribution in [2.24, 2.45) is 5.92 Å². The summed E-state index contributed by atoms with van der Waals surface area (Å²) in [6, 6.07) is 4.76. The Kier molecular flexibility index (Phi) is 10.6. The van der Waals surface area contributed by atoms with E-state index in [0.717, 1.165) is 7.05 Å². The van der Waals surface area contributed by atoms with Crippen molar-refractivity contribution in [1.29, 1.82) is 0 Å². The van der Waals surface area contributed by atoms with Crippen LogP contribution in [0.5, 0.6) is 0 Å². The lowest BCUT2D eigenvalue weighted by Crippen LogP contribution is -2.48. The number of likely N-dealkylation sites (N-methyl/N-ethyl adjacent to an activating group) is 1. The average Bonchev–Trinajstić information content (AvgIpc) is 3.44. The smallest absolute Gasteiger partial charge is 0.416 e. The topological polar surface area (TPSA) is 73.4 Å². The number of hydrogen-bond acceptors (Lipinski definition) is 4. The predicted octanol–water partition coefficient (Wildman–Crippen LogP) is 7.38. The summed E-state index contributed by atoms with van der Waals surface area (Å²) in [5.41, 5.74) is -3.78. The molecule has 15 heteroatoms. The van der Waals surface area contributed by atoms with Crippen LogP contribution in [-0.2, 0) is 21.9 Å². The Morgan fingerprint density at radius 1 is 0.833 bits per heavy atom. The van der Waals surface area contributed by atoms with E-state index < -0.39 is 64.7 Å². The Morgan fingerprint density at radius 3 is 1.88 bits per heavy atom. The van der Waals surface area contributed by atoms with Gasteiger partial charge in [-0.1, -0.05) is 12.1 Å². The molecular formula is C33H39F7N4O4. The van der Waals surface area contributed by atoms with E-state index in [0.29, 0.717) is 48.5 Å². The van der Waals surface area contributed by atoms with E-state index in [9.17, 15) is 45.1 Å². The highest BCUT2D eigenvalue weighted by Gasteiger charge is 2.42. The van der Waals surface area contributed by atoms with E-state index in [1.165, 1.54) is 36.2 Å². The zero-order chi connectivity index (χ0) is 35.8. The molecule has 0 bridgehead atoms. The molecule has 0 saturated carbocycles. The Morgan fingerprint density at radius 2 is 1.38 bits per heavy atom. The monoisotopic (exact) mass is 688 g/mol. The third-order valence-electron chi connectivity index (χ3n) is 8.72. The summed E-state index contributed by atoms with van der Waals surface area (Å²) in [5.74, 6) is -1.26. The maximum atomic E-state index is 13.8. The van der Waals surface area contributed by atoms with Gasteiger partial charge in [0.1, 0.15) is 11.4 Å². The first-order chi connectivity index (χ1) is 22.1. The van der Waals surface area contributed by atoms with Crippen LogP contribution in [0.4, 0.5) is 46.0 Å². The van der Waals surface area contributed by atoms with Crippen molar-refractivity contribution in [2.75, 3.05) is 45.2 Å². The summed E-state index contributed by atoms with van der Waals surface area (Å²) in [6.07, 6.45) is -9.30. The summed E-state index contributed by atoms with van der Waals surface area (Å²) in [7, 11) is 2.43. The first-order valence-corrected chi connectivity index (χ1v) is 15.4. The lowest BCUT2D eigenvalue weighted by molar-refractivity contribution is -0.143. The van der Waals surface area contributed by atoms with Crippen LogP contribution in [0.25, 0.3) is 0 Å². The molecule has 8 nitrogen and oxygen atoms in total. The summed E-state index contributed by atoms with van der Waals surface area (Å²) in [4.78, 5) is 44.7. The van der Waals surface area contributed by atoms with Crippen molar-refractivity contribution in [1.82, 2.24) is 14.7 Å². The summed E-state index contributed by atoms with van der Waals surface area (Å²) >= 11 is 0. The number of carbonyl (C=O) groups is 3. The zero-order valence-electron chi connectivity index (χ0n) is 27.3. The van der Waals surface area contributed by atoms with Crippen LogP contribution in [0.2, 0.25) is 0 Å². The van der Waals surface area contributed by atoms with Crippen molar-refractivity contribution in [3.8, 4) is 0 Å². The molecule has 2 saturated heterocycles. The number of urea groups is 1. The second-order valence-corrected chi connectivity index (χ2v) is 13.4. The van der Waals surface area contributed by atoms with Crippen LogP contribution in [0.1, 0.15) is 62.6 Å². The van der Waals surface area contributed by atoms with Crippen LogP contribution in [0, 0.1) is 11.7 Å². The quantitative estimate of drug-likeness (QED) is 0.308. The number of carbonyl (C=O) groups excluding carboxylic acids is 3. The number of alkyl halides is 6. The third-order valence-corrected chi connectivity index (χ3v) is 8.72. The van der Waals surface area contributed by atoms with Crippen LogP contribution in [0.3, 0.4) is 0 Å². The number of nitrogens with zero attached hydrogens (tertiary/aromatic N) is 4. The molecule has 2 aliphatic heterocycles. The van der Waals surface area contributed by atoms with Gasteiger partial charge in [-0.15, -0.1) is 0 Å². The second kappa shape index (κ2) is 13.8. The van der Waals surface area contributed by atoms with E-state index in [4.69, 9.17) is 4.74 Å². The number of hydrogen-bond donors (Lipinski definition) is 0. The van der Waals surface area contributed by atoms with Gasteiger partial charge in [-0.2, -0.15) is 26.3 Å². The standard InChI is InChI=1S/C33H39F7N4O4/c1-31(2,3)48-30(47)43-12-10-20(11-13-43)14-28(45)44-18-26(21-6-8-24(34)9-7-21)27(19-44)42(5)29(46)41(4)25-16-22(32(35,36)37)15-23(17-25)33(38,39)40/h6-9,15-17,20,26-27H,10-14,18-19H2,1-5H3. The highest BCUT2D eigenvalue weighted by molar-refractivity contribution is 5.92. The van der Waals surface area contributed by atoms with Crippen molar-refractivity contribution >= 4 is 23.7 Å². The first kappa shape index (κ1) is 36.8. The summed E-state index contributed by atoms with van der Waals surface area (Å²) in [5, 5.41) is 0. The van der Waals surface area contributed by atoms with Crippen LogP contribution in [0.15, 0.2) is 42.5 Å². The number of amides is 4. The molecule has 48 heavy (non-hydrogen) atoms. The SMILES string of the molecule is CN(C(=O)N(C)C1CN(C(=O)CC2CCN(C(=O)OC(C)(C)C)CC2)CC1c1ccc(F)cc1)c1cc(C(F)(F)F)cc(C(F)(F)F)c1. The van der Waals surface area contributed by atoms with Crippen molar-refractivity contribution in [2.45, 2.75) is 69.9 Å². The van der Waals surface area contributed by atoms with Crippen molar-refractivity contribution < 1.29 is 49.9 Å². The normalized spacial score (nSPS) is 19.3. The fourth-order valence-corrected chi connectivity index (χ4v) is 6.06. The molecule has 2 aromatic rings. The Bertz CT molecular complexity index is 1450. The average molecular weight is 689 g/mol. The van der Waals surface area contributed by atoms with Gasteiger partial charge < -0.3 is 19.4 Å². The lowest BCUT2D eigenvalue weighted by Gasteiger charge is -2.34. The second-order valence-electron chi connectivity index (χ2n) is 13.4. The molecule has 0 aliphatic carbocycles. The molecule has 264 valence electrons. The molecule has 4 amide bonds. The van der Waals surface area contributed by atoms with E-state index >= 15 is 0 Å². The van der Waals surface area contributed by atoms with E-state index in [-0.39, 0.29) is 37.4 Å². The molecule has 2 aliphatic rings. The van der Waals surface area contributed by atoms with Crippen LogP contribution >= 0.6 is 0 Å². The van der Waals surface area contributed by atoms with Crippen molar-refractivity contribution in [3.05, 3.63) is 65.0 Å². The Hall–Kier alpha value is -4.04. The number of anilines is 1. The number of ether oxygens (including phenoxy) is 1. The van der Waals surface area contributed by atoms with E-state index in [2.05, 4.69) is 0 Å². The molecule has 0 radical (unpaired) electrons. The van der Waals surface area contributed by atoms with Gasteiger partial charge in [0.2, 0.25) is 5.91 Å². The van der Waals surface area contributed by atoms with Gasteiger partial charge >= 0.3 is 24.5 Å². The molecule has 0 N–H and O–H groups in total. The lowest BCUT2D eigenvalue weighted by atomic mass is 9.93. The predicted molar refractivity (Wildman–Crippen MR) is 163 cm³/mol. The fraction of sp³-hybridized carbons (Fsp3) is 0.545. The number of likely N-dealkylation sites (tertiary alicyclic amines) is 2. The van der Waals surface area contributed by atoms with Crippen LogP contribution < -0.4 is 4.90 Å². The zero-order valence-corrected chi connectivity index (χ0v) is 27.3. The number of benzene rings is 2. The molecule has 2 atom stereocenters. The summed E-state index contributed by atoms with van der Waals surface area (Å²) < 4.78 is 100. The Labute approximate surface area is 274 Å². The fourth-order valence-electron chi connectivity index (χ4n) is 6.06. The third kappa shape index (κ3) is 8.90. The van der Waals surface area contributed by atoms with Gasteiger partial charge in [0.25, 0.3) is 0 Å². The van der Waals surface area contributed by atoms with Gasteiger partial charge in [0, 0.05) is 58.3 Å². The maximum Gasteiger partial charge on any atom is 0.416 e. The van der Waals surface area contributed by atoms with Crippen LogP contribution in [-0.4, -0.2) is 84.6 Å². The molecule has 4 rings (SSSR count). The molecule has 2 unspecified atom stereocenters. The minimum atomic E-state index is -5.10. The maximum absolute atomic E-state index is 13.8. The highest BCUT2D eigenvalue weighted by Crippen LogP contribution is 2.39. The van der Waals surface area contributed by atoms with Gasteiger partial charge in [0.05, 0.1) is 17.2 Å². The molecule has 2 fully saturated rings. The Balaban J connectivity index is 1.51. The molecule has 2 aromatic carbocycles. The number of piperidine rings is 1. The highest BCUT2D eigenvalue weighted by atomic mass is 19.4. The van der Waals surface area contributed by atoms with E-state index in [1.54, 1.807) is 30.6 Å². The molecule has 0 aromatic heterocycles. The number of halogens is 7.